The zero-order chi connectivity index (χ0) is 19.3. The molecule has 142 valence electrons. The van der Waals surface area contributed by atoms with Crippen LogP contribution in [0.15, 0.2) is 53.2 Å². The van der Waals surface area contributed by atoms with E-state index in [4.69, 9.17) is 10.3 Å². The minimum atomic E-state index is -3.68. The van der Waals surface area contributed by atoms with Gasteiger partial charge in [0.05, 0.1) is 6.04 Å². The van der Waals surface area contributed by atoms with Crippen molar-refractivity contribution in [3.8, 4) is 22.9 Å². The first kappa shape index (κ1) is 16.7. The Morgan fingerprint density at radius 3 is 2.82 bits per heavy atom. The fourth-order valence-electron chi connectivity index (χ4n) is 3.22. The molecule has 2 aromatic carbocycles. The molecule has 1 aliphatic heterocycles. The lowest BCUT2D eigenvalue weighted by Crippen LogP contribution is -2.25. The van der Waals surface area contributed by atoms with E-state index in [2.05, 4.69) is 24.6 Å². The molecule has 1 aliphatic rings. The number of nitrogens with zero attached hydrogens (tertiary/aromatic N) is 2. The average Bonchev–Trinajstić information content (AvgIpc) is 3.37. The number of nitrogens with one attached hydrogen (secondary N) is 1. The Morgan fingerprint density at radius 1 is 1.11 bits per heavy atom. The topological polar surface area (TPSA) is 99.2 Å². The molecule has 0 amide bonds. The van der Waals surface area contributed by atoms with Crippen molar-refractivity contribution < 1.29 is 22.8 Å². The highest BCUT2D eigenvalue weighted by atomic mass is 19.3. The van der Waals surface area contributed by atoms with E-state index in [0.717, 1.165) is 16.5 Å². The normalized spacial score (nSPS) is 15.8. The zero-order valence-corrected chi connectivity index (χ0v) is 14.4. The third-order valence-electron chi connectivity index (χ3n) is 4.53. The summed E-state index contributed by atoms with van der Waals surface area (Å²) < 4.78 is 40.4. The molecule has 0 saturated heterocycles. The fraction of sp³-hybridized carbons (Fsp3) is 0.158. The number of H-pyrrole nitrogens is 1. The number of nitrogens with two attached hydrogens (primary N) is 1. The number of benzene rings is 2. The van der Waals surface area contributed by atoms with Crippen LogP contribution >= 0.6 is 0 Å². The molecule has 0 bridgehead atoms. The van der Waals surface area contributed by atoms with Gasteiger partial charge in [0.1, 0.15) is 0 Å². The summed E-state index contributed by atoms with van der Waals surface area (Å²) in [6.07, 6.45) is -1.27. The van der Waals surface area contributed by atoms with E-state index < -0.39 is 12.3 Å². The molecule has 0 fully saturated rings. The van der Waals surface area contributed by atoms with Crippen molar-refractivity contribution >= 4 is 10.9 Å². The lowest BCUT2D eigenvalue weighted by molar-refractivity contribution is -0.286. The van der Waals surface area contributed by atoms with Crippen LogP contribution in [0.5, 0.6) is 11.5 Å². The van der Waals surface area contributed by atoms with Crippen LogP contribution in [0.2, 0.25) is 0 Å². The first-order valence-electron chi connectivity index (χ1n) is 8.53. The van der Waals surface area contributed by atoms with Crippen molar-refractivity contribution in [1.82, 2.24) is 15.1 Å². The Labute approximate surface area is 157 Å². The summed E-state index contributed by atoms with van der Waals surface area (Å²) in [6, 6.07) is 11.7. The first-order valence-corrected chi connectivity index (χ1v) is 8.53. The first-order chi connectivity index (χ1) is 13.5. The smallest absolute Gasteiger partial charge is 0.395 e. The number of fused-ring (bicyclic) bond motifs is 2. The van der Waals surface area contributed by atoms with Gasteiger partial charge in [0.2, 0.25) is 11.7 Å². The van der Waals surface area contributed by atoms with E-state index in [1.54, 1.807) is 6.07 Å². The van der Waals surface area contributed by atoms with Gasteiger partial charge in [-0.25, -0.2) is 0 Å². The Morgan fingerprint density at radius 2 is 1.93 bits per heavy atom. The van der Waals surface area contributed by atoms with E-state index >= 15 is 0 Å². The number of halogens is 2. The summed E-state index contributed by atoms with van der Waals surface area (Å²) in [7, 11) is 0. The summed E-state index contributed by atoms with van der Waals surface area (Å²) in [6.45, 7) is 0. The molecule has 2 aromatic heterocycles. The zero-order valence-electron chi connectivity index (χ0n) is 14.4. The lowest BCUT2D eigenvalue weighted by Gasteiger charge is -2.05. The monoisotopic (exact) mass is 384 g/mol. The van der Waals surface area contributed by atoms with Crippen molar-refractivity contribution in [1.29, 1.82) is 0 Å². The summed E-state index contributed by atoms with van der Waals surface area (Å²) in [5, 5.41) is 4.98. The SMILES string of the molecule is NC(Cc1c[nH]c2ccccc12)c1nc(-c2ccc3c(c2)OC(F)(F)O3)no1. The van der Waals surface area contributed by atoms with Crippen LogP contribution in [0.3, 0.4) is 0 Å². The highest BCUT2D eigenvalue weighted by Gasteiger charge is 2.43. The molecule has 0 spiro atoms. The second-order valence-electron chi connectivity index (χ2n) is 6.46. The van der Waals surface area contributed by atoms with Gasteiger partial charge in [-0.05, 0) is 36.2 Å². The van der Waals surface area contributed by atoms with Gasteiger partial charge in [0.25, 0.3) is 0 Å². The lowest BCUT2D eigenvalue weighted by atomic mass is 10.1. The molecular weight excluding hydrogens is 370 g/mol. The Kier molecular flexibility index (Phi) is 3.59. The average molecular weight is 384 g/mol. The van der Waals surface area contributed by atoms with Gasteiger partial charge in [-0.2, -0.15) is 4.98 Å². The number of hydrogen-bond donors (Lipinski definition) is 2. The molecule has 1 unspecified atom stereocenters. The summed E-state index contributed by atoms with van der Waals surface area (Å²) >= 11 is 0. The standard InChI is InChI=1S/C19H14F2N4O3/c20-19(21)26-15-6-5-10(8-16(15)27-19)17-24-18(28-25-17)13(22)7-11-9-23-14-4-2-1-3-12(11)14/h1-6,8-9,13,23H,7,22H2. The quantitative estimate of drug-likeness (QED) is 0.556. The summed E-state index contributed by atoms with van der Waals surface area (Å²) in [5.74, 6) is 0.347. The molecule has 0 saturated carbocycles. The van der Waals surface area contributed by atoms with Gasteiger partial charge < -0.3 is 24.7 Å². The number of aromatic amines is 1. The van der Waals surface area contributed by atoms with Crippen LogP contribution in [-0.4, -0.2) is 21.4 Å². The van der Waals surface area contributed by atoms with Crippen LogP contribution in [0, 0.1) is 0 Å². The van der Waals surface area contributed by atoms with Crippen molar-refractivity contribution in [3.05, 3.63) is 60.1 Å². The van der Waals surface area contributed by atoms with Gasteiger partial charge in [0.15, 0.2) is 11.5 Å². The number of para-hydroxylation sites is 1. The molecule has 3 N–H and O–H groups in total. The number of ether oxygens (including phenoxy) is 2. The summed E-state index contributed by atoms with van der Waals surface area (Å²) in [4.78, 5) is 7.50. The molecule has 0 radical (unpaired) electrons. The number of alkyl halides is 2. The number of hydrogen-bond acceptors (Lipinski definition) is 6. The van der Waals surface area contributed by atoms with Crippen LogP contribution < -0.4 is 15.2 Å². The van der Waals surface area contributed by atoms with Crippen molar-refractivity contribution in [2.24, 2.45) is 5.73 Å². The molecule has 4 aromatic rings. The highest BCUT2D eigenvalue weighted by molar-refractivity contribution is 5.83. The van der Waals surface area contributed by atoms with Crippen LogP contribution in [-0.2, 0) is 6.42 Å². The Hall–Kier alpha value is -3.46. The molecular formula is C19H14F2N4O3. The minimum Gasteiger partial charge on any atom is -0.395 e. The van der Waals surface area contributed by atoms with Gasteiger partial charge in [-0.1, -0.05) is 23.4 Å². The van der Waals surface area contributed by atoms with Crippen LogP contribution in [0.4, 0.5) is 8.78 Å². The molecule has 1 atom stereocenters. The molecule has 0 aliphatic carbocycles. The van der Waals surface area contributed by atoms with E-state index in [1.807, 2.05) is 30.5 Å². The van der Waals surface area contributed by atoms with E-state index in [1.165, 1.54) is 12.1 Å². The summed E-state index contributed by atoms with van der Waals surface area (Å²) in [5.41, 5.74) is 8.75. The van der Waals surface area contributed by atoms with Crippen LogP contribution in [0.1, 0.15) is 17.5 Å². The number of rotatable bonds is 4. The number of aromatic nitrogens is 3. The van der Waals surface area contributed by atoms with Gasteiger partial charge in [-0.15, -0.1) is 8.78 Å². The van der Waals surface area contributed by atoms with Crippen molar-refractivity contribution in [3.63, 3.8) is 0 Å². The maximum absolute atomic E-state index is 13.2. The molecule has 28 heavy (non-hydrogen) atoms. The van der Waals surface area contributed by atoms with Crippen LogP contribution in [0.25, 0.3) is 22.3 Å². The van der Waals surface area contributed by atoms with E-state index in [0.29, 0.717) is 12.0 Å². The van der Waals surface area contributed by atoms with E-state index in [-0.39, 0.29) is 23.2 Å². The maximum atomic E-state index is 13.2. The Balaban J connectivity index is 1.38. The molecule has 3 heterocycles. The maximum Gasteiger partial charge on any atom is 0.586 e. The second-order valence-corrected chi connectivity index (χ2v) is 6.46. The highest BCUT2D eigenvalue weighted by Crippen LogP contribution is 2.42. The van der Waals surface area contributed by atoms with Gasteiger partial charge >= 0.3 is 6.29 Å². The minimum absolute atomic E-state index is 0.0477. The predicted molar refractivity (Wildman–Crippen MR) is 94.9 cm³/mol. The molecule has 7 nitrogen and oxygen atoms in total. The fourth-order valence-corrected chi connectivity index (χ4v) is 3.22. The third-order valence-corrected chi connectivity index (χ3v) is 4.53. The predicted octanol–water partition coefficient (Wildman–Crippen LogP) is 3.78. The van der Waals surface area contributed by atoms with Crippen molar-refractivity contribution in [2.75, 3.05) is 0 Å². The van der Waals surface area contributed by atoms with E-state index in [9.17, 15) is 8.78 Å². The molecule has 9 heteroatoms. The Bertz CT molecular complexity index is 1170. The van der Waals surface area contributed by atoms with Crippen molar-refractivity contribution in [2.45, 2.75) is 18.8 Å². The third kappa shape index (κ3) is 2.85. The van der Waals surface area contributed by atoms with Gasteiger partial charge in [-0.3, -0.25) is 0 Å². The second kappa shape index (κ2) is 6.03. The molecule has 5 rings (SSSR count). The van der Waals surface area contributed by atoms with Gasteiger partial charge in [0, 0.05) is 22.7 Å². The largest absolute Gasteiger partial charge is 0.586 e.